The van der Waals surface area contributed by atoms with Crippen molar-refractivity contribution in [3.63, 3.8) is 0 Å². The van der Waals surface area contributed by atoms with E-state index in [1.807, 2.05) is 43.3 Å². The van der Waals surface area contributed by atoms with E-state index in [0.29, 0.717) is 12.1 Å². The number of ether oxygens (including phenoxy) is 1. The molecule has 0 saturated carbocycles. The topological polar surface area (TPSA) is 44.8 Å². The third-order valence-electron chi connectivity index (χ3n) is 4.63. The van der Waals surface area contributed by atoms with Gasteiger partial charge in [-0.05, 0) is 35.4 Å². The van der Waals surface area contributed by atoms with Gasteiger partial charge in [0, 0.05) is 51.5 Å². The van der Waals surface area contributed by atoms with E-state index in [1.165, 1.54) is 5.56 Å². The number of benzene rings is 2. The minimum absolute atomic E-state index is 0.0484. The number of nitrogens with one attached hydrogen (secondary N) is 1. The van der Waals surface area contributed by atoms with Gasteiger partial charge in [-0.15, -0.1) is 0 Å². The Morgan fingerprint density at radius 3 is 2.23 bits per heavy atom. The predicted octanol–water partition coefficient (Wildman–Crippen LogP) is 2.51. The van der Waals surface area contributed by atoms with Crippen LogP contribution in [0.5, 0.6) is 0 Å². The fourth-order valence-electron chi connectivity index (χ4n) is 2.98. The zero-order valence-corrected chi connectivity index (χ0v) is 15.6. The molecular formula is C21H27N3O2. The molecule has 1 aliphatic rings. The van der Waals surface area contributed by atoms with E-state index >= 15 is 0 Å². The molecule has 26 heavy (non-hydrogen) atoms. The molecule has 1 aliphatic heterocycles. The first-order valence-electron chi connectivity index (χ1n) is 9.05. The number of morpholine rings is 1. The molecule has 1 amide bonds. The average molecular weight is 353 g/mol. The lowest BCUT2D eigenvalue weighted by molar-refractivity contribution is 0.0342. The highest BCUT2D eigenvalue weighted by molar-refractivity contribution is 5.94. The molecule has 138 valence electrons. The monoisotopic (exact) mass is 353 g/mol. The third kappa shape index (κ3) is 5.07. The van der Waals surface area contributed by atoms with Crippen molar-refractivity contribution < 1.29 is 9.53 Å². The summed E-state index contributed by atoms with van der Waals surface area (Å²) in [6, 6.07) is 16.1. The van der Waals surface area contributed by atoms with E-state index in [0.717, 1.165) is 44.1 Å². The van der Waals surface area contributed by atoms with E-state index in [2.05, 4.69) is 34.5 Å². The number of carbonyl (C=O) groups excluding carboxylic acids is 1. The Hall–Kier alpha value is -2.37. The van der Waals surface area contributed by atoms with Crippen LogP contribution in [-0.2, 0) is 17.8 Å². The molecule has 0 aliphatic carbocycles. The van der Waals surface area contributed by atoms with Crippen LogP contribution in [0.2, 0.25) is 0 Å². The summed E-state index contributed by atoms with van der Waals surface area (Å²) in [5.41, 5.74) is 4.16. The first-order chi connectivity index (χ1) is 12.6. The van der Waals surface area contributed by atoms with E-state index < -0.39 is 0 Å². The Kier molecular flexibility index (Phi) is 6.26. The lowest BCUT2D eigenvalue weighted by Gasteiger charge is -2.26. The van der Waals surface area contributed by atoms with Crippen molar-refractivity contribution in [3.8, 4) is 0 Å². The number of rotatable bonds is 6. The highest BCUT2D eigenvalue weighted by Gasteiger charge is 2.10. The van der Waals surface area contributed by atoms with Gasteiger partial charge in [-0.25, -0.2) is 0 Å². The summed E-state index contributed by atoms with van der Waals surface area (Å²) >= 11 is 0. The van der Waals surface area contributed by atoms with Crippen LogP contribution in [0.25, 0.3) is 0 Å². The van der Waals surface area contributed by atoms with Crippen LogP contribution < -0.4 is 10.2 Å². The summed E-state index contributed by atoms with van der Waals surface area (Å²) in [7, 11) is 3.97. The van der Waals surface area contributed by atoms with Gasteiger partial charge in [-0.2, -0.15) is 0 Å². The van der Waals surface area contributed by atoms with Crippen LogP contribution in [0.4, 0.5) is 5.69 Å². The number of hydrogen-bond acceptors (Lipinski definition) is 4. The standard InChI is InChI=1S/C21H27N3O2/c1-23(2)20-9-7-19(8-10-20)21(25)22-15-17-3-5-18(6-4-17)16-24-11-13-26-14-12-24/h3-10H,11-16H2,1-2H3,(H,22,25). The SMILES string of the molecule is CN(C)c1ccc(C(=O)NCc2ccc(CN3CCOCC3)cc2)cc1. The Labute approximate surface area is 155 Å². The maximum absolute atomic E-state index is 12.3. The second kappa shape index (κ2) is 8.83. The molecule has 0 bridgehead atoms. The summed E-state index contributed by atoms with van der Waals surface area (Å²) in [6.45, 7) is 5.11. The van der Waals surface area contributed by atoms with Crippen LogP contribution in [-0.4, -0.2) is 51.2 Å². The molecule has 0 spiro atoms. The van der Waals surface area contributed by atoms with Crippen molar-refractivity contribution in [3.05, 3.63) is 65.2 Å². The normalized spacial score (nSPS) is 14.8. The first-order valence-corrected chi connectivity index (χ1v) is 9.05. The van der Waals surface area contributed by atoms with Gasteiger partial charge in [0.15, 0.2) is 0 Å². The largest absolute Gasteiger partial charge is 0.379 e. The summed E-state index contributed by atoms with van der Waals surface area (Å²) in [6.07, 6.45) is 0. The van der Waals surface area contributed by atoms with Crippen LogP contribution in [0.15, 0.2) is 48.5 Å². The number of anilines is 1. The van der Waals surface area contributed by atoms with E-state index in [9.17, 15) is 4.79 Å². The molecule has 1 heterocycles. The van der Waals surface area contributed by atoms with Gasteiger partial charge in [-0.1, -0.05) is 24.3 Å². The molecule has 5 nitrogen and oxygen atoms in total. The second-order valence-electron chi connectivity index (χ2n) is 6.83. The van der Waals surface area contributed by atoms with Gasteiger partial charge in [0.25, 0.3) is 5.91 Å². The van der Waals surface area contributed by atoms with Crippen molar-refractivity contribution in [2.75, 3.05) is 45.3 Å². The highest BCUT2D eigenvalue weighted by Crippen LogP contribution is 2.13. The Morgan fingerprint density at radius 2 is 1.62 bits per heavy atom. The van der Waals surface area contributed by atoms with Gasteiger partial charge < -0.3 is 15.0 Å². The second-order valence-corrected chi connectivity index (χ2v) is 6.83. The van der Waals surface area contributed by atoms with Gasteiger partial charge >= 0.3 is 0 Å². The van der Waals surface area contributed by atoms with Gasteiger partial charge in [0.1, 0.15) is 0 Å². The maximum Gasteiger partial charge on any atom is 0.251 e. The molecule has 0 aromatic heterocycles. The molecule has 3 rings (SSSR count). The highest BCUT2D eigenvalue weighted by atomic mass is 16.5. The van der Waals surface area contributed by atoms with Crippen molar-refractivity contribution in [1.29, 1.82) is 0 Å². The van der Waals surface area contributed by atoms with Crippen molar-refractivity contribution in [2.24, 2.45) is 0 Å². The maximum atomic E-state index is 12.3. The van der Waals surface area contributed by atoms with Gasteiger partial charge in [-0.3, -0.25) is 9.69 Å². The van der Waals surface area contributed by atoms with E-state index in [-0.39, 0.29) is 5.91 Å². The molecule has 1 fully saturated rings. The lowest BCUT2D eigenvalue weighted by atomic mass is 10.1. The smallest absolute Gasteiger partial charge is 0.251 e. The molecule has 0 radical (unpaired) electrons. The summed E-state index contributed by atoms with van der Waals surface area (Å²) in [5.74, 6) is -0.0484. The molecular weight excluding hydrogens is 326 g/mol. The van der Waals surface area contributed by atoms with Crippen molar-refractivity contribution >= 4 is 11.6 Å². The first kappa shape index (κ1) is 18.4. The average Bonchev–Trinajstić information content (AvgIpc) is 2.68. The van der Waals surface area contributed by atoms with Crippen molar-refractivity contribution in [2.45, 2.75) is 13.1 Å². The Balaban J connectivity index is 1.50. The molecule has 2 aromatic rings. The lowest BCUT2D eigenvalue weighted by Crippen LogP contribution is -2.35. The third-order valence-corrected chi connectivity index (χ3v) is 4.63. The minimum Gasteiger partial charge on any atom is -0.379 e. The zero-order valence-electron chi connectivity index (χ0n) is 15.6. The van der Waals surface area contributed by atoms with Crippen LogP contribution >= 0.6 is 0 Å². The Bertz CT molecular complexity index is 705. The predicted molar refractivity (Wildman–Crippen MR) is 104 cm³/mol. The molecule has 2 aromatic carbocycles. The van der Waals surface area contributed by atoms with Gasteiger partial charge in [0.2, 0.25) is 0 Å². The van der Waals surface area contributed by atoms with Gasteiger partial charge in [0.05, 0.1) is 13.2 Å². The van der Waals surface area contributed by atoms with Crippen molar-refractivity contribution in [1.82, 2.24) is 10.2 Å². The minimum atomic E-state index is -0.0484. The zero-order chi connectivity index (χ0) is 18.4. The number of amides is 1. The molecule has 0 unspecified atom stereocenters. The summed E-state index contributed by atoms with van der Waals surface area (Å²) in [5, 5.41) is 2.99. The number of hydrogen-bond donors (Lipinski definition) is 1. The van der Waals surface area contributed by atoms with Crippen LogP contribution in [0.1, 0.15) is 21.5 Å². The Morgan fingerprint density at radius 1 is 1.00 bits per heavy atom. The van der Waals surface area contributed by atoms with E-state index in [4.69, 9.17) is 4.74 Å². The summed E-state index contributed by atoms with van der Waals surface area (Å²) in [4.78, 5) is 16.7. The molecule has 5 heteroatoms. The summed E-state index contributed by atoms with van der Waals surface area (Å²) < 4.78 is 5.38. The van der Waals surface area contributed by atoms with E-state index in [1.54, 1.807) is 0 Å². The number of carbonyl (C=O) groups is 1. The molecule has 1 saturated heterocycles. The quantitative estimate of drug-likeness (QED) is 0.867. The number of nitrogens with zero attached hydrogens (tertiary/aromatic N) is 2. The molecule has 1 N–H and O–H groups in total. The molecule has 0 atom stereocenters. The van der Waals surface area contributed by atoms with Crippen LogP contribution in [0, 0.1) is 0 Å². The fraction of sp³-hybridized carbons (Fsp3) is 0.381. The van der Waals surface area contributed by atoms with Crippen LogP contribution in [0.3, 0.4) is 0 Å². The fourth-order valence-corrected chi connectivity index (χ4v) is 2.98.